The number of anilines is 1. The molecule has 0 aliphatic carbocycles. The summed E-state index contributed by atoms with van der Waals surface area (Å²) in [5.41, 5.74) is 1.62. The molecule has 35 heavy (non-hydrogen) atoms. The molecule has 0 saturated carbocycles. The van der Waals surface area contributed by atoms with E-state index < -0.39 is 22.5 Å². The standard InChI is InChI=1S/C24H21ClN4O5S/c1-15-7-10-17(11-8-15)35(32,33)29(20-13-16(25)9-12-21(20)34-2)14-22(30)27-28-23-18-5-3-4-6-19(18)26-24(23)31/h3-13,26,31H,14H2,1-2H3. The van der Waals surface area contributed by atoms with Gasteiger partial charge < -0.3 is 14.8 Å². The molecule has 9 nitrogen and oxygen atoms in total. The lowest BCUT2D eigenvalue weighted by Gasteiger charge is -2.25. The topological polar surface area (TPSA) is 124 Å². The van der Waals surface area contributed by atoms with Crippen LogP contribution >= 0.6 is 11.6 Å². The molecular weight excluding hydrogens is 492 g/mol. The Labute approximate surface area is 206 Å². The third-order valence-corrected chi connectivity index (χ3v) is 7.23. The summed E-state index contributed by atoms with van der Waals surface area (Å²) in [7, 11) is -2.83. The number of nitrogens with one attached hydrogen (secondary N) is 1. The average Bonchev–Trinajstić information content (AvgIpc) is 3.16. The van der Waals surface area contributed by atoms with Crippen molar-refractivity contribution < 1.29 is 23.1 Å². The molecule has 11 heteroatoms. The van der Waals surface area contributed by atoms with E-state index in [1.165, 1.54) is 31.4 Å². The number of carbonyl (C=O) groups excluding carboxylic acids is 1. The minimum atomic E-state index is -4.21. The maximum atomic E-state index is 13.6. The monoisotopic (exact) mass is 512 g/mol. The van der Waals surface area contributed by atoms with Gasteiger partial charge in [0.05, 0.1) is 23.2 Å². The van der Waals surface area contributed by atoms with Crippen LogP contribution in [0.4, 0.5) is 11.4 Å². The third-order valence-electron chi connectivity index (χ3n) is 5.22. The normalized spacial score (nSPS) is 11.7. The number of H-pyrrole nitrogens is 1. The van der Waals surface area contributed by atoms with E-state index >= 15 is 0 Å². The van der Waals surface area contributed by atoms with Gasteiger partial charge in [-0.25, -0.2) is 8.42 Å². The van der Waals surface area contributed by atoms with Gasteiger partial charge in [-0.3, -0.25) is 9.10 Å². The lowest BCUT2D eigenvalue weighted by Crippen LogP contribution is -2.35. The molecule has 0 fully saturated rings. The van der Waals surface area contributed by atoms with E-state index in [0.29, 0.717) is 10.9 Å². The Hall–Kier alpha value is -3.89. The maximum Gasteiger partial charge on any atom is 0.285 e. The molecule has 0 aliphatic heterocycles. The Balaban J connectivity index is 1.73. The number of nitrogens with zero attached hydrogens (tertiary/aromatic N) is 3. The van der Waals surface area contributed by atoms with Crippen LogP contribution in [0.2, 0.25) is 5.02 Å². The molecule has 0 saturated heterocycles. The van der Waals surface area contributed by atoms with Gasteiger partial charge in [-0.15, -0.1) is 10.2 Å². The number of halogens is 1. The molecule has 4 aromatic rings. The van der Waals surface area contributed by atoms with E-state index in [4.69, 9.17) is 16.3 Å². The zero-order valence-electron chi connectivity index (χ0n) is 18.8. The van der Waals surface area contributed by atoms with Gasteiger partial charge in [0.2, 0.25) is 5.88 Å². The van der Waals surface area contributed by atoms with Gasteiger partial charge in [-0.05, 0) is 43.3 Å². The van der Waals surface area contributed by atoms with Crippen LogP contribution in [0.15, 0.2) is 81.9 Å². The number of aryl methyl sites for hydroxylation is 1. The van der Waals surface area contributed by atoms with Crippen molar-refractivity contribution in [3.8, 4) is 11.6 Å². The highest BCUT2D eigenvalue weighted by molar-refractivity contribution is 7.92. The van der Waals surface area contributed by atoms with Crippen molar-refractivity contribution in [1.82, 2.24) is 4.98 Å². The minimum absolute atomic E-state index is 0.0239. The van der Waals surface area contributed by atoms with Gasteiger partial charge in [-0.2, -0.15) is 0 Å². The first-order chi connectivity index (χ1) is 16.7. The Bertz CT molecular complexity index is 1530. The minimum Gasteiger partial charge on any atom is -0.495 e. The lowest BCUT2D eigenvalue weighted by molar-refractivity contribution is -0.116. The van der Waals surface area contributed by atoms with E-state index in [2.05, 4.69) is 15.2 Å². The summed E-state index contributed by atoms with van der Waals surface area (Å²) >= 11 is 6.14. The number of amides is 1. The molecule has 0 unspecified atom stereocenters. The predicted molar refractivity (Wildman–Crippen MR) is 133 cm³/mol. The highest BCUT2D eigenvalue weighted by atomic mass is 35.5. The number of hydrogen-bond donors (Lipinski definition) is 2. The number of aromatic nitrogens is 1. The molecule has 0 atom stereocenters. The molecule has 3 aromatic carbocycles. The summed E-state index contributed by atoms with van der Waals surface area (Å²) in [6.45, 7) is 1.15. The number of fused-ring (bicyclic) bond motifs is 1. The van der Waals surface area contributed by atoms with Crippen LogP contribution in [-0.4, -0.2) is 38.1 Å². The van der Waals surface area contributed by atoms with Crippen LogP contribution in [-0.2, 0) is 14.8 Å². The molecular formula is C24H21ClN4O5S. The molecule has 0 bridgehead atoms. The summed E-state index contributed by atoms with van der Waals surface area (Å²) in [5, 5.41) is 18.5. The lowest BCUT2D eigenvalue weighted by atomic mass is 10.2. The zero-order valence-corrected chi connectivity index (χ0v) is 20.3. The Morgan fingerprint density at radius 2 is 1.83 bits per heavy atom. The number of sulfonamides is 1. The molecule has 0 aliphatic rings. The smallest absolute Gasteiger partial charge is 0.285 e. The first kappa shape index (κ1) is 24.2. The third kappa shape index (κ3) is 4.98. The molecule has 0 spiro atoms. The van der Waals surface area contributed by atoms with E-state index in [0.717, 1.165) is 9.87 Å². The van der Waals surface area contributed by atoms with Crippen molar-refractivity contribution in [3.05, 3.63) is 77.3 Å². The zero-order chi connectivity index (χ0) is 25.2. The molecule has 180 valence electrons. The van der Waals surface area contributed by atoms with Gasteiger partial charge in [0.15, 0.2) is 5.69 Å². The van der Waals surface area contributed by atoms with Crippen molar-refractivity contribution in [2.45, 2.75) is 11.8 Å². The Morgan fingerprint density at radius 1 is 1.11 bits per heavy atom. The van der Waals surface area contributed by atoms with Crippen molar-refractivity contribution in [2.75, 3.05) is 18.0 Å². The number of hydrogen-bond acceptors (Lipinski definition) is 6. The maximum absolute atomic E-state index is 13.6. The summed E-state index contributed by atoms with van der Waals surface area (Å²) in [5.74, 6) is -0.931. The number of rotatable bonds is 7. The van der Waals surface area contributed by atoms with E-state index in [1.54, 1.807) is 42.5 Å². The quantitative estimate of drug-likeness (QED) is 0.323. The number of aromatic amines is 1. The molecule has 2 N–H and O–H groups in total. The number of para-hydroxylation sites is 1. The van der Waals surface area contributed by atoms with Gasteiger partial charge in [0, 0.05) is 10.4 Å². The number of azo groups is 1. The second kappa shape index (κ2) is 9.77. The fraction of sp³-hybridized carbons (Fsp3) is 0.125. The fourth-order valence-corrected chi connectivity index (χ4v) is 5.05. The van der Waals surface area contributed by atoms with Gasteiger partial charge in [0.1, 0.15) is 12.3 Å². The van der Waals surface area contributed by atoms with Crippen LogP contribution in [0.5, 0.6) is 11.6 Å². The highest BCUT2D eigenvalue weighted by Gasteiger charge is 2.30. The van der Waals surface area contributed by atoms with Crippen molar-refractivity contribution >= 4 is 49.8 Å². The summed E-state index contributed by atoms with van der Waals surface area (Å²) in [6.07, 6.45) is 0. The van der Waals surface area contributed by atoms with E-state index in [1.807, 2.05) is 6.92 Å². The molecule has 1 heterocycles. The fourth-order valence-electron chi connectivity index (χ4n) is 3.47. The molecule has 1 amide bonds. The number of methoxy groups -OCH3 is 1. The Kier molecular flexibility index (Phi) is 6.77. The SMILES string of the molecule is COc1ccc(Cl)cc1N(CC(=O)N=Nc1c(O)[nH]c2ccccc12)S(=O)(=O)c1ccc(C)cc1. The summed E-state index contributed by atoms with van der Waals surface area (Å²) < 4.78 is 33.4. The van der Waals surface area contributed by atoms with Crippen molar-refractivity contribution in [3.63, 3.8) is 0 Å². The number of aromatic hydroxyl groups is 1. The number of ether oxygens (including phenoxy) is 1. The number of carbonyl (C=O) groups is 1. The Morgan fingerprint density at radius 3 is 2.54 bits per heavy atom. The first-order valence-electron chi connectivity index (χ1n) is 10.4. The molecule has 1 aromatic heterocycles. The second-order valence-corrected chi connectivity index (χ2v) is 9.90. The molecule has 4 rings (SSSR count). The summed E-state index contributed by atoms with van der Waals surface area (Å²) in [6, 6.07) is 17.6. The summed E-state index contributed by atoms with van der Waals surface area (Å²) in [4.78, 5) is 15.6. The van der Waals surface area contributed by atoms with Crippen LogP contribution < -0.4 is 9.04 Å². The van der Waals surface area contributed by atoms with Gasteiger partial charge in [-0.1, -0.05) is 47.5 Å². The number of benzene rings is 3. The van der Waals surface area contributed by atoms with Crippen LogP contribution in [0.25, 0.3) is 10.9 Å². The average molecular weight is 513 g/mol. The molecule has 0 radical (unpaired) electrons. The van der Waals surface area contributed by atoms with Crippen molar-refractivity contribution in [2.24, 2.45) is 10.2 Å². The predicted octanol–water partition coefficient (Wildman–Crippen LogP) is 5.35. The van der Waals surface area contributed by atoms with E-state index in [9.17, 15) is 18.3 Å². The van der Waals surface area contributed by atoms with E-state index in [-0.39, 0.29) is 32.9 Å². The highest BCUT2D eigenvalue weighted by Crippen LogP contribution is 2.36. The largest absolute Gasteiger partial charge is 0.495 e. The van der Waals surface area contributed by atoms with Gasteiger partial charge in [0.25, 0.3) is 15.9 Å². The first-order valence-corrected chi connectivity index (χ1v) is 12.2. The van der Waals surface area contributed by atoms with Crippen LogP contribution in [0.3, 0.4) is 0 Å². The van der Waals surface area contributed by atoms with Crippen molar-refractivity contribution in [1.29, 1.82) is 0 Å². The van der Waals surface area contributed by atoms with Gasteiger partial charge >= 0.3 is 0 Å². The second-order valence-electron chi connectivity index (χ2n) is 7.60. The van der Waals surface area contributed by atoms with Crippen LogP contribution in [0.1, 0.15) is 5.56 Å². The van der Waals surface area contributed by atoms with Crippen LogP contribution in [0, 0.1) is 6.92 Å².